The lowest BCUT2D eigenvalue weighted by atomic mass is 10.1. The number of rotatable bonds is 5. The smallest absolute Gasteiger partial charge is 0.251 e. The van der Waals surface area contributed by atoms with Crippen molar-refractivity contribution in [2.45, 2.75) is 44.8 Å². The number of carbonyl (C=O) groups is 1. The van der Waals surface area contributed by atoms with Gasteiger partial charge in [0.05, 0.1) is 12.6 Å². The highest BCUT2D eigenvalue weighted by molar-refractivity contribution is 5.80. The number of hydrogen-bond acceptors (Lipinski definition) is 3. The van der Waals surface area contributed by atoms with Crippen molar-refractivity contribution in [1.82, 2.24) is 14.7 Å². The minimum atomic E-state index is -0.313. The molecule has 1 aromatic rings. The summed E-state index contributed by atoms with van der Waals surface area (Å²) in [6, 6.07) is 2.24. The van der Waals surface area contributed by atoms with E-state index in [0.29, 0.717) is 12.0 Å². The molecule has 2 fully saturated rings. The van der Waals surface area contributed by atoms with E-state index in [4.69, 9.17) is 4.74 Å². The second-order valence-corrected chi connectivity index (χ2v) is 5.99. The van der Waals surface area contributed by atoms with E-state index in [9.17, 15) is 4.79 Å². The summed E-state index contributed by atoms with van der Waals surface area (Å²) in [4.78, 5) is 14.4. The number of carbonyl (C=O) groups excluding carboxylic acids is 1. The number of aromatic nitrogens is 2. The van der Waals surface area contributed by atoms with E-state index in [0.717, 1.165) is 32.5 Å². The van der Waals surface area contributed by atoms with Gasteiger partial charge in [-0.05, 0) is 44.6 Å². The van der Waals surface area contributed by atoms with Crippen molar-refractivity contribution in [2.24, 2.45) is 5.92 Å². The van der Waals surface area contributed by atoms with E-state index in [-0.39, 0.29) is 12.0 Å². The standard InChI is InChI=1S/C15H23N3O2/c1-12(20-11-13-5-6-13)15(19)17-8-2-4-14(10-17)18-9-3-7-16-18/h3,7,9,12-14H,2,4-6,8,10-11H2,1H3/t12-,14+/m1/s1. The maximum atomic E-state index is 12.4. The van der Waals surface area contributed by atoms with Crippen molar-refractivity contribution in [1.29, 1.82) is 0 Å². The minimum absolute atomic E-state index is 0.127. The van der Waals surface area contributed by atoms with Crippen LogP contribution in [0.2, 0.25) is 0 Å². The van der Waals surface area contributed by atoms with Gasteiger partial charge in [0.25, 0.3) is 5.91 Å². The molecule has 1 amide bonds. The molecule has 2 aliphatic rings. The molecule has 20 heavy (non-hydrogen) atoms. The number of nitrogens with zero attached hydrogens (tertiary/aromatic N) is 3. The van der Waals surface area contributed by atoms with Crippen LogP contribution < -0.4 is 0 Å². The minimum Gasteiger partial charge on any atom is -0.368 e. The highest BCUT2D eigenvalue weighted by Crippen LogP contribution is 2.29. The molecule has 2 atom stereocenters. The molecule has 0 aromatic carbocycles. The Morgan fingerprint density at radius 1 is 1.45 bits per heavy atom. The van der Waals surface area contributed by atoms with Crippen molar-refractivity contribution < 1.29 is 9.53 Å². The summed E-state index contributed by atoms with van der Waals surface area (Å²) in [5, 5.41) is 4.29. The van der Waals surface area contributed by atoms with Gasteiger partial charge in [0.15, 0.2) is 0 Å². The summed E-state index contributed by atoms with van der Waals surface area (Å²) in [5.41, 5.74) is 0. The molecule has 1 aliphatic carbocycles. The molecule has 1 saturated carbocycles. The molecule has 0 radical (unpaired) electrons. The van der Waals surface area contributed by atoms with Crippen LogP contribution in [0.15, 0.2) is 18.5 Å². The fourth-order valence-corrected chi connectivity index (χ4v) is 2.76. The lowest BCUT2D eigenvalue weighted by Crippen LogP contribution is -2.45. The van der Waals surface area contributed by atoms with E-state index in [1.54, 1.807) is 6.20 Å². The zero-order chi connectivity index (χ0) is 13.9. The molecule has 110 valence electrons. The predicted octanol–water partition coefficient (Wildman–Crippen LogP) is 1.86. The maximum Gasteiger partial charge on any atom is 0.251 e. The van der Waals surface area contributed by atoms with Crippen LogP contribution in [0.25, 0.3) is 0 Å². The van der Waals surface area contributed by atoms with Crippen LogP contribution in [0.3, 0.4) is 0 Å². The quantitative estimate of drug-likeness (QED) is 0.825. The molecular weight excluding hydrogens is 254 g/mol. The third-order valence-electron chi connectivity index (χ3n) is 4.23. The van der Waals surface area contributed by atoms with Crippen LogP contribution in [-0.4, -0.2) is 46.4 Å². The van der Waals surface area contributed by atoms with Crippen LogP contribution in [-0.2, 0) is 9.53 Å². The summed E-state index contributed by atoms with van der Waals surface area (Å²) < 4.78 is 7.66. The van der Waals surface area contributed by atoms with Gasteiger partial charge in [-0.3, -0.25) is 9.48 Å². The van der Waals surface area contributed by atoms with E-state index in [2.05, 4.69) is 5.10 Å². The molecule has 0 N–H and O–H groups in total. The zero-order valence-electron chi connectivity index (χ0n) is 12.1. The van der Waals surface area contributed by atoms with Crippen molar-refractivity contribution >= 4 is 5.91 Å². The summed E-state index contributed by atoms with van der Waals surface area (Å²) in [7, 11) is 0. The van der Waals surface area contributed by atoms with Gasteiger partial charge < -0.3 is 9.64 Å². The van der Waals surface area contributed by atoms with Gasteiger partial charge in [0.2, 0.25) is 0 Å². The maximum absolute atomic E-state index is 12.4. The Morgan fingerprint density at radius 2 is 2.30 bits per heavy atom. The monoisotopic (exact) mass is 277 g/mol. The van der Waals surface area contributed by atoms with Crippen LogP contribution in [0.4, 0.5) is 0 Å². The van der Waals surface area contributed by atoms with Gasteiger partial charge in [0.1, 0.15) is 6.10 Å². The first-order valence-corrected chi connectivity index (χ1v) is 7.63. The van der Waals surface area contributed by atoms with Gasteiger partial charge in [-0.25, -0.2) is 0 Å². The third-order valence-corrected chi connectivity index (χ3v) is 4.23. The predicted molar refractivity (Wildman–Crippen MR) is 75.2 cm³/mol. The SMILES string of the molecule is C[C@@H](OCC1CC1)C(=O)N1CCC[C@H](n2cccn2)C1. The number of likely N-dealkylation sites (tertiary alicyclic amines) is 1. The first kappa shape index (κ1) is 13.6. The molecule has 1 saturated heterocycles. The topological polar surface area (TPSA) is 47.4 Å². The molecule has 3 rings (SSSR count). The molecule has 2 heterocycles. The van der Waals surface area contributed by atoms with Gasteiger partial charge in [-0.2, -0.15) is 5.10 Å². The van der Waals surface area contributed by atoms with Crippen LogP contribution in [0.1, 0.15) is 38.6 Å². The molecular formula is C15H23N3O2. The number of hydrogen-bond donors (Lipinski definition) is 0. The van der Waals surface area contributed by atoms with Crippen LogP contribution >= 0.6 is 0 Å². The van der Waals surface area contributed by atoms with Gasteiger partial charge >= 0.3 is 0 Å². The number of ether oxygens (including phenoxy) is 1. The molecule has 0 spiro atoms. The number of amides is 1. The molecule has 0 bridgehead atoms. The van der Waals surface area contributed by atoms with E-state index in [1.165, 1.54) is 12.8 Å². The molecule has 0 unspecified atom stereocenters. The van der Waals surface area contributed by atoms with Gasteiger partial charge in [0, 0.05) is 25.5 Å². The van der Waals surface area contributed by atoms with Crippen molar-refractivity contribution in [3.05, 3.63) is 18.5 Å². The third kappa shape index (κ3) is 3.20. The fourth-order valence-electron chi connectivity index (χ4n) is 2.76. The van der Waals surface area contributed by atoms with Crippen molar-refractivity contribution in [3.8, 4) is 0 Å². The van der Waals surface area contributed by atoms with E-state index < -0.39 is 0 Å². The highest BCUT2D eigenvalue weighted by atomic mass is 16.5. The summed E-state index contributed by atoms with van der Waals surface area (Å²) in [6.07, 6.45) is 8.09. The largest absolute Gasteiger partial charge is 0.368 e. The first-order chi connectivity index (χ1) is 9.74. The lowest BCUT2D eigenvalue weighted by Gasteiger charge is -2.34. The highest BCUT2D eigenvalue weighted by Gasteiger charge is 2.29. The van der Waals surface area contributed by atoms with Crippen LogP contribution in [0.5, 0.6) is 0 Å². The second-order valence-electron chi connectivity index (χ2n) is 5.99. The average molecular weight is 277 g/mol. The lowest BCUT2D eigenvalue weighted by molar-refractivity contribution is -0.144. The van der Waals surface area contributed by atoms with Crippen LogP contribution in [0, 0.1) is 5.92 Å². The number of piperidine rings is 1. The molecule has 1 aromatic heterocycles. The Morgan fingerprint density at radius 3 is 3.00 bits per heavy atom. The first-order valence-electron chi connectivity index (χ1n) is 7.63. The van der Waals surface area contributed by atoms with Gasteiger partial charge in [-0.1, -0.05) is 0 Å². The zero-order valence-corrected chi connectivity index (χ0v) is 12.1. The summed E-state index contributed by atoms with van der Waals surface area (Å²) in [5.74, 6) is 0.825. The Bertz CT molecular complexity index is 442. The molecule has 1 aliphatic heterocycles. The summed E-state index contributed by atoms with van der Waals surface area (Å²) in [6.45, 7) is 4.21. The van der Waals surface area contributed by atoms with Gasteiger partial charge in [-0.15, -0.1) is 0 Å². The molecule has 5 heteroatoms. The Kier molecular flexibility index (Phi) is 4.05. The average Bonchev–Trinajstić information content (AvgIpc) is 3.15. The van der Waals surface area contributed by atoms with E-state index >= 15 is 0 Å². The fraction of sp³-hybridized carbons (Fsp3) is 0.733. The normalized spacial score (nSPS) is 24.6. The summed E-state index contributed by atoms with van der Waals surface area (Å²) >= 11 is 0. The van der Waals surface area contributed by atoms with Crippen molar-refractivity contribution in [2.75, 3.05) is 19.7 Å². The second kappa shape index (κ2) is 5.95. The van der Waals surface area contributed by atoms with Crippen molar-refractivity contribution in [3.63, 3.8) is 0 Å². The molecule has 5 nitrogen and oxygen atoms in total. The van der Waals surface area contributed by atoms with E-state index in [1.807, 2.05) is 28.8 Å². The Balaban J connectivity index is 1.53. The Labute approximate surface area is 119 Å². The Hall–Kier alpha value is -1.36.